The normalized spacial score (nSPS) is 13.6. The van der Waals surface area contributed by atoms with Crippen molar-refractivity contribution in [3.8, 4) is 0 Å². The Balaban J connectivity index is 1.90. The van der Waals surface area contributed by atoms with Gasteiger partial charge < -0.3 is 10.0 Å². The molecule has 1 aliphatic carbocycles. The van der Waals surface area contributed by atoms with E-state index < -0.39 is 5.97 Å². The van der Waals surface area contributed by atoms with Gasteiger partial charge in [0.25, 0.3) is 0 Å². The van der Waals surface area contributed by atoms with Crippen LogP contribution in [0.4, 0.5) is 0 Å². The molecule has 3 rings (SSSR count). The number of carboxylic acid groups (broad SMARTS) is 1. The molecular weight excluding hydrogens is 314 g/mol. The predicted molar refractivity (Wildman–Crippen MR) is 99.5 cm³/mol. The maximum Gasteiger partial charge on any atom is 0.303 e. The zero-order valence-corrected chi connectivity index (χ0v) is 14.4. The number of hydrogen-bond acceptors (Lipinski definition) is 3. The zero-order valence-electron chi connectivity index (χ0n) is 14.4. The molecule has 0 radical (unpaired) electrons. The molecule has 2 aromatic rings. The first-order valence-corrected chi connectivity index (χ1v) is 8.60. The highest BCUT2D eigenvalue weighted by atomic mass is 16.4. The Kier molecular flexibility index (Phi) is 4.83. The Bertz CT molecular complexity index is 840. The van der Waals surface area contributed by atoms with Crippen LogP contribution in [-0.4, -0.2) is 27.6 Å². The first-order valence-electron chi connectivity index (χ1n) is 8.60. The molecule has 0 unspecified atom stereocenters. The number of benzene rings is 2. The second-order valence-electron chi connectivity index (χ2n) is 6.65. The molecule has 5 nitrogen and oxygen atoms in total. The summed E-state index contributed by atoms with van der Waals surface area (Å²) in [4.78, 5) is 12.4. The third kappa shape index (κ3) is 3.87. The molecule has 5 heteroatoms. The zero-order chi connectivity index (χ0) is 18.0. The Labute approximate surface area is 147 Å². The molecule has 3 N–H and O–H groups in total. The SMILES string of the molecule is CC(=N)N(Cc1ccc(C2CC2)c2ccccc12)C(=N)CCC(=O)O. The summed E-state index contributed by atoms with van der Waals surface area (Å²) in [6.45, 7) is 2.05. The van der Waals surface area contributed by atoms with Gasteiger partial charge in [-0.3, -0.25) is 15.6 Å². The summed E-state index contributed by atoms with van der Waals surface area (Å²) in [7, 11) is 0. The van der Waals surface area contributed by atoms with E-state index >= 15 is 0 Å². The van der Waals surface area contributed by atoms with Crippen molar-refractivity contribution in [1.82, 2.24) is 4.90 Å². The molecule has 0 bridgehead atoms. The number of carbonyl (C=O) groups is 1. The van der Waals surface area contributed by atoms with E-state index in [4.69, 9.17) is 15.9 Å². The smallest absolute Gasteiger partial charge is 0.303 e. The summed E-state index contributed by atoms with van der Waals surface area (Å²) in [5.74, 6) is 0.163. The lowest BCUT2D eigenvalue weighted by Crippen LogP contribution is -2.34. The van der Waals surface area contributed by atoms with Crippen molar-refractivity contribution >= 4 is 28.4 Å². The van der Waals surface area contributed by atoms with Gasteiger partial charge in [-0.1, -0.05) is 36.4 Å². The number of rotatable bonds is 6. The topological polar surface area (TPSA) is 88.2 Å². The number of carboxylic acids is 1. The van der Waals surface area contributed by atoms with Crippen molar-refractivity contribution in [3.63, 3.8) is 0 Å². The molecule has 25 heavy (non-hydrogen) atoms. The van der Waals surface area contributed by atoms with Gasteiger partial charge in [-0.15, -0.1) is 0 Å². The van der Waals surface area contributed by atoms with Crippen LogP contribution < -0.4 is 0 Å². The van der Waals surface area contributed by atoms with Gasteiger partial charge in [0, 0.05) is 6.42 Å². The van der Waals surface area contributed by atoms with E-state index in [9.17, 15) is 4.79 Å². The van der Waals surface area contributed by atoms with Gasteiger partial charge in [-0.25, -0.2) is 0 Å². The highest BCUT2D eigenvalue weighted by Crippen LogP contribution is 2.43. The number of aliphatic carboxylic acids is 1. The second-order valence-corrected chi connectivity index (χ2v) is 6.65. The molecule has 0 amide bonds. The summed E-state index contributed by atoms with van der Waals surface area (Å²) in [5.41, 5.74) is 2.45. The number of amidine groups is 2. The Morgan fingerprint density at radius 2 is 1.80 bits per heavy atom. The van der Waals surface area contributed by atoms with Gasteiger partial charge in [0.1, 0.15) is 5.84 Å². The summed E-state index contributed by atoms with van der Waals surface area (Å²) < 4.78 is 0. The minimum atomic E-state index is -0.924. The van der Waals surface area contributed by atoms with Crippen molar-refractivity contribution in [2.24, 2.45) is 0 Å². The fraction of sp³-hybridized carbons (Fsp3) is 0.350. The molecule has 0 spiro atoms. The van der Waals surface area contributed by atoms with Gasteiger partial charge >= 0.3 is 5.97 Å². The van der Waals surface area contributed by atoms with Crippen LogP contribution in [0.5, 0.6) is 0 Å². The van der Waals surface area contributed by atoms with E-state index in [0.29, 0.717) is 12.5 Å². The van der Waals surface area contributed by atoms with E-state index in [1.165, 1.54) is 23.8 Å². The maximum absolute atomic E-state index is 10.8. The molecule has 1 saturated carbocycles. The Hall–Kier alpha value is -2.69. The van der Waals surface area contributed by atoms with Crippen molar-refractivity contribution < 1.29 is 9.90 Å². The molecule has 0 aliphatic heterocycles. The lowest BCUT2D eigenvalue weighted by atomic mass is 9.96. The molecule has 130 valence electrons. The van der Waals surface area contributed by atoms with E-state index in [0.717, 1.165) is 10.9 Å². The van der Waals surface area contributed by atoms with Crippen LogP contribution in [0.15, 0.2) is 36.4 Å². The average Bonchev–Trinajstić information content (AvgIpc) is 3.42. The van der Waals surface area contributed by atoms with Crippen molar-refractivity contribution in [2.45, 2.75) is 45.1 Å². The van der Waals surface area contributed by atoms with Crippen LogP contribution in [0.2, 0.25) is 0 Å². The fourth-order valence-corrected chi connectivity index (χ4v) is 3.22. The molecular formula is C20H23N3O2. The number of nitrogens with one attached hydrogen (secondary N) is 2. The lowest BCUT2D eigenvalue weighted by Gasteiger charge is -2.25. The molecule has 0 aromatic heterocycles. The van der Waals surface area contributed by atoms with Gasteiger partial charge in [0.2, 0.25) is 0 Å². The van der Waals surface area contributed by atoms with Crippen LogP contribution in [0.1, 0.15) is 49.7 Å². The largest absolute Gasteiger partial charge is 0.481 e. The molecule has 1 aliphatic rings. The third-order valence-electron chi connectivity index (χ3n) is 4.70. The monoisotopic (exact) mass is 337 g/mol. The minimum Gasteiger partial charge on any atom is -0.481 e. The number of nitrogens with zero attached hydrogens (tertiary/aromatic N) is 1. The average molecular weight is 337 g/mol. The van der Waals surface area contributed by atoms with E-state index in [1.54, 1.807) is 11.8 Å². The van der Waals surface area contributed by atoms with Gasteiger partial charge in [0.05, 0.1) is 18.8 Å². The summed E-state index contributed by atoms with van der Waals surface area (Å²) in [6, 6.07) is 12.6. The Morgan fingerprint density at radius 1 is 1.12 bits per heavy atom. The van der Waals surface area contributed by atoms with Crippen LogP contribution in [-0.2, 0) is 11.3 Å². The third-order valence-corrected chi connectivity index (χ3v) is 4.70. The molecule has 0 atom stereocenters. The molecule has 1 fully saturated rings. The quantitative estimate of drug-likeness (QED) is 0.540. The minimum absolute atomic E-state index is 0.0933. The lowest BCUT2D eigenvalue weighted by molar-refractivity contribution is -0.136. The summed E-state index contributed by atoms with van der Waals surface area (Å²) in [5, 5.41) is 27.4. The highest BCUT2D eigenvalue weighted by Gasteiger charge is 2.26. The molecule has 2 aromatic carbocycles. The fourth-order valence-electron chi connectivity index (χ4n) is 3.22. The Morgan fingerprint density at radius 3 is 2.40 bits per heavy atom. The van der Waals surface area contributed by atoms with Gasteiger partial charge in [-0.2, -0.15) is 0 Å². The summed E-state index contributed by atoms with van der Waals surface area (Å²) in [6.07, 6.45) is 2.53. The van der Waals surface area contributed by atoms with Crippen LogP contribution in [0, 0.1) is 10.8 Å². The number of hydrogen-bond donors (Lipinski definition) is 3. The second kappa shape index (κ2) is 7.05. The van der Waals surface area contributed by atoms with Crippen LogP contribution in [0.3, 0.4) is 0 Å². The number of fused-ring (bicyclic) bond motifs is 1. The molecule has 0 heterocycles. The van der Waals surface area contributed by atoms with Crippen molar-refractivity contribution in [2.75, 3.05) is 0 Å². The standard InChI is InChI=1S/C20H23N3O2/c1-13(21)23(19(22)10-11-20(24)25)12-15-8-9-17(14-6-7-14)18-5-3-2-4-16(15)18/h2-5,8-9,14,21-22H,6-7,10-12H2,1H3,(H,24,25). The van der Waals surface area contributed by atoms with Gasteiger partial charge in [0.15, 0.2) is 0 Å². The predicted octanol–water partition coefficient (Wildman–Crippen LogP) is 4.36. The van der Waals surface area contributed by atoms with Crippen LogP contribution >= 0.6 is 0 Å². The highest BCUT2D eigenvalue weighted by molar-refractivity contribution is 5.98. The van der Waals surface area contributed by atoms with E-state index in [2.05, 4.69) is 24.3 Å². The van der Waals surface area contributed by atoms with Crippen LogP contribution in [0.25, 0.3) is 10.8 Å². The first kappa shape index (κ1) is 17.1. The van der Waals surface area contributed by atoms with Gasteiger partial charge in [-0.05, 0) is 47.6 Å². The van der Waals surface area contributed by atoms with E-state index in [-0.39, 0.29) is 24.5 Å². The molecule has 0 saturated heterocycles. The maximum atomic E-state index is 10.8. The van der Waals surface area contributed by atoms with Crippen molar-refractivity contribution in [3.05, 3.63) is 47.5 Å². The first-order chi connectivity index (χ1) is 12.0. The van der Waals surface area contributed by atoms with Crippen molar-refractivity contribution in [1.29, 1.82) is 10.8 Å². The van der Waals surface area contributed by atoms with E-state index in [1.807, 2.05) is 12.1 Å². The summed E-state index contributed by atoms with van der Waals surface area (Å²) >= 11 is 0.